The highest BCUT2D eigenvalue weighted by atomic mass is 32.2. The summed E-state index contributed by atoms with van der Waals surface area (Å²) in [6, 6.07) is 8.74. The van der Waals surface area contributed by atoms with Gasteiger partial charge in [-0.05, 0) is 11.5 Å². The molecule has 0 atom stereocenters. The molecule has 3 rings (SSSR count). The van der Waals surface area contributed by atoms with E-state index in [1.54, 1.807) is 23.1 Å². The van der Waals surface area contributed by atoms with Crippen LogP contribution in [0.15, 0.2) is 47.2 Å². The highest BCUT2D eigenvalue weighted by molar-refractivity contribution is 7.98. The molecule has 0 bridgehead atoms. The molecule has 0 fully saturated rings. The highest BCUT2D eigenvalue weighted by Crippen LogP contribution is 2.28. The fourth-order valence-electron chi connectivity index (χ4n) is 2.15. The first-order valence-electron chi connectivity index (χ1n) is 7.28. The van der Waals surface area contributed by atoms with Crippen LogP contribution < -0.4 is 0 Å². The molecule has 0 saturated carbocycles. The van der Waals surface area contributed by atoms with Gasteiger partial charge in [-0.25, -0.2) is 9.97 Å². The van der Waals surface area contributed by atoms with Crippen molar-refractivity contribution in [3.05, 3.63) is 53.3 Å². The van der Waals surface area contributed by atoms with Gasteiger partial charge < -0.3 is 4.57 Å². The molecule has 0 aliphatic rings. The summed E-state index contributed by atoms with van der Waals surface area (Å²) in [5.74, 6) is 1.42. The van der Waals surface area contributed by atoms with Gasteiger partial charge >= 0.3 is 0 Å². The average molecular weight is 329 g/mol. The minimum absolute atomic E-state index is 0.565. The number of hydrogen-bond acceptors (Lipinski definition) is 4. The topological polar surface area (TPSA) is 30.7 Å². The lowest BCUT2D eigenvalue weighted by Gasteiger charge is -2.05. The molecule has 0 spiro atoms. The van der Waals surface area contributed by atoms with Crippen LogP contribution in [0, 0.1) is 0 Å². The van der Waals surface area contributed by atoms with Crippen LogP contribution >= 0.6 is 23.1 Å². The molecule has 0 saturated heterocycles. The Bertz CT molecular complexity index is 741. The van der Waals surface area contributed by atoms with Gasteiger partial charge in [0, 0.05) is 36.1 Å². The van der Waals surface area contributed by atoms with Crippen LogP contribution in [0.25, 0.3) is 10.6 Å². The van der Waals surface area contributed by atoms with E-state index in [1.807, 2.05) is 24.0 Å². The van der Waals surface area contributed by atoms with E-state index in [9.17, 15) is 0 Å². The number of thioether (sulfide) groups is 1. The summed E-state index contributed by atoms with van der Waals surface area (Å²) in [6.07, 6.45) is 3.79. The third-order valence-corrected chi connectivity index (χ3v) is 5.53. The maximum absolute atomic E-state index is 4.74. The van der Waals surface area contributed by atoms with E-state index in [4.69, 9.17) is 4.98 Å². The van der Waals surface area contributed by atoms with E-state index >= 15 is 0 Å². The molecule has 22 heavy (non-hydrogen) atoms. The van der Waals surface area contributed by atoms with E-state index < -0.39 is 0 Å². The van der Waals surface area contributed by atoms with Crippen LogP contribution in [0.5, 0.6) is 0 Å². The molecule has 0 aliphatic heterocycles. The van der Waals surface area contributed by atoms with E-state index in [-0.39, 0.29) is 0 Å². The summed E-state index contributed by atoms with van der Waals surface area (Å²) in [4.78, 5) is 9.07. The molecule has 3 aromatic rings. The Hall–Kier alpha value is -1.59. The van der Waals surface area contributed by atoms with Crippen molar-refractivity contribution in [2.24, 2.45) is 7.05 Å². The molecule has 5 heteroatoms. The van der Waals surface area contributed by atoms with E-state index in [2.05, 4.69) is 48.5 Å². The Morgan fingerprint density at radius 2 is 2.00 bits per heavy atom. The normalized spacial score (nSPS) is 11.3. The van der Waals surface area contributed by atoms with Gasteiger partial charge in [-0.15, -0.1) is 11.3 Å². The van der Waals surface area contributed by atoms with Gasteiger partial charge in [-0.1, -0.05) is 49.9 Å². The summed E-state index contributed by atoms with van der Waals surface area (Å²) >= 11 is 3.42. The van der Waals surface area contributed by atoms with Gasteiger partial charge in [0.15, 0.2) is 5.16 Å². The van der Waals surface area contributed by atoms with Gasteiger partial charge in [-0.3, -0.25) is 0 Å². The molecule has 1 aromatic carbocycles. The number of rotatable bonds is 5. The number of aryl methyl sites for hydroxylation is 1. The number of hydrogen-bond donors (Lipinski definition) is 0. The van der Waals surface area contributed by atoms with Crippen molar-refractivity contribution in [2.75, 3.05) is 0 Å². The summed E-state index contributed by atoms with van der Waals surface area (Å²) < 4.78 is 2.03. The zero-order valence-corrected chi connectivity index (χ0v) is 14.6. The maximum atomic E-state index is 4.74. The van der Waals surface area contributed by atoms with Gasteiger partial charge in [0.2, 0.25) is 0 Å². The molecule has 0 N–H and O–H groups in total. The van der Waals surface area contributed by atoms with Crippen LogP contribution in [0.1, 0.15) is 31.0 Å². The van der Waals surface area contributed by atoms with Crippen LogP contribution in [0.4, 0.5) is 0 Å². The number of nitrogens with zero attached hydrogens (tertiary/aromatic N) is 3. The van der Waals surface area contributed by atoms with E-state index in [0.29, 0.717) is 5.92 Å². The van der Waals surface area contributed by atoms with Crippen molar-refractivity contribution in [1.82, 2.24) is 14.5 Å². The number of thiazole rings is 1. The lowest BCUT2D eigenvalue weighted by Crippen LogP contribution is -1.90. The van der Waals surface area contributed by atoms with Gasteiger partial charge in [0.05, 0.1) is 5.69 Å². The Labute approximate surface area is 139 Å². The lowest BCUT2D eigenvalue weighted by atomic mass is 10.0. The largest absolute Gasteiger partial charge is 0.329 e. The summed E-state index contributed by atoms with van der Waals surface area (Å²) in [5.41, 5.74) is 3.68. The molecule has 0 unspecified atom stereocenters. The Balaban J connectivity index is 1.69. The number of benzene rings is 1. The van der Waals surface area contributed by atoms with Crippen molar-refractivity contribution in [3.8, 4) is 10.6 Å². The summed E-state index contributed by atoms with van der Waals surface area (Å²) in [5, 5.41) is 4.25. The van der Waals surface area contributed by atoms with Crippen LogP contribution in [-0.2, 0) is 12.8 Å². The molecular weight excluding hydrogens is 310 g/mol. The third kappa shape index (κ3) is 3.42. The monoisotopic (exact) mass is 329 g/mol. The highest BCUT2D eigenvalue weighted by Gasteiger charge is 2.08. The molecule has 114 valence electrons. The predicted octanol–water partition coefficient (Wildman–Crippen LogP) is 4.96. The minimum Gasteiger partial charge on any atom is -0.329 e. The van der Waals surface area contributed by atoms with Crippen molar-refractivity contribution in [1.29, 1.82) is 0 Å². The second-order valence-corrected chi connectivity index (χ2v) is 7.33. The van der Waals surface area contributed by atoms with E-state index in [1.165, 1.54) is 11.1 Å². The van der Waals surface area contributed by atoms with Crippen LogP contribution in [0.2, 0.25) is 0 Å². The van der Waals surface area contributed by atoms with Crippen LogP contribution in [0.3, 0.4) is 0 Å². The second-order valence-electron chi connectivity index (χ2n) is 5.53. The first-order valence-corrected chi connectivity index (χ1v) is 9.15. The molecule has 0 aliphatic carbocycles. The fourth-order valence-corrected chi connectivity index (χ4v) is 3.90. The zero-order chi connectivity index (χ0) is 15.5. The summed E-state index contributed by atoms with van der Waals surface area (Å²) in [6.45, 7) is 4.43. The predicted molar refractivity (Wildman–Crippen MR) is 94.4 cm³/mol. The minimum atomic E-state index is 0.565. The molecular formula is C17H19N3S2. The zero-order valence-electron chi connectivity index (χ0n) is 13.0. The SMILES string of the molecule is CC(C)c1ccc(-c2nc(CSc3nccn3C)cs2)cc1. The molecule has 0 amide bonds. The Kier molecular flexibility index (Phi) is 4.64. The quantitative estimate of drug-likeness (QED) is 0.620. The fraction of sp³-hybridized carbons (Fsp3) is 0.294. The summed E-state index contributed by atoms with van der Waals surface area (Å²) in [7, 11) is 2.01. The first kappa shape index (κ1) is 15.3. The Morgan fingerprint density at radius 1 is 1.23 bits per heavy atom. The van der Waals surface area contributed by atoms with Crippen molar-refractivity contribution in [2.45, 2.75) is 30.7 Å². The third-order valence-electron chi connectivity index (χ3n) is 3.50. The second kappa shape index (κ2) is 6.67. The first-order chi connectivity index (χ1) is 10.6. The molecule has 2 heterocycles. The van der Waals surface area contributed by atoms with E-state index in [0.717, 1.165) is 21.6 Å². The van der Waals surface area contributed by atoms with Crippen LogP contribution in [-0.4, -0.2) is 14.5 Å². The van der Waals surface area contributed by atoms with Crippen molar-refractivity contribution in [3.63, 3.8) is 0 Å². The number of aromatic nitrogens is 3. The van der Waals surface area contributed by atoms with Crippen molar-refractivity contribution < 1.29 is 0 Å². The molecule has 0 radical (unpaired) electrons. The molecule has 3 nitrogen and oxygen atoms in total. The average Bonchev–Trinajstić information content (AvgIpc) is 3.14. The van der Waals surface area contributed by atoms with Gasteiger partial charge in [0.1, 0.15) is 5.01 Å². The number of imidazole rings is 1. The van der Waals surface area contributed by atoms with Gasteiger partial charge in [-0.2, -0.15) is 0 Å². The molecule has 2 aromatic heterocycles. The standard InChI is InChI=1S/C17H19N3S2/c1-12(2)13-4-6-14(7-5-13)16-19-15(10-21-16)11-22-17-18-8-9-20(17)3/h4-10,12H,11H2,1-3H3. The lowest BCUT2D eigenvalue weighted by molar-refractivity contribution is 0.789. The smallest absolute Gasteiger partial charge is 0.168 e. The Morgan fingerprint density at radius 3 is 2.64 bits per heavy atom. The maximum Gasteiger partial charge on any atom is 0.168 e. The van der Waals surface area contributed by atoms with Crippen molar-refractivity contribution >= 4 is 23.1 Å². The van der Waals surface area contributed by atoms with Gasteiger partial charge in [0.25, 0.3) is 0 Å².